The first-order chi connectivity index (χ1) is 8.65. The molecule has 1 aliphatic heterocycles. The van der Waals surface area contributed by atoms with E-state index >= 15 is 0 Å². The lowest BCUT2D eigenvalue weighted by molar-refractivity contribution is 0.135. The number of hydrogen-bond donors (Lipinski definition) is 1. The smallest absolute Gasteiger partial charge is 0.407 e. The van der Waals surface area contributed by atoms with E-state index in [1.165, 1.54) is 4.90 Å². The lowest BCUT2D eigenvalue weighted by atomic mass is 9.88. The highest BCUT2D eigenvalue weighted by Crippen LogP contribution is 2.33. The molecular weight excluding hydrogens is 232 g/mol. The van der Waals surface area contributed by atoms with Crippen molar-refractivity contribution in [3.05, 3.63) is 29.3 Å². The van der Waals surface area contributed by atoms with Crippen molar-refractivity contribution in [2.45, 2.75) is 18.9 Å². The van der Waals surface area contributed by atoms with Gasteiger partial charge in [0, 0.05) is 25.4 Å². The summed E-state index contributed by atoms with van der Waals surface area (Å²) < 4.78 is 5.17. The predicted octanol–water partition coefficient (Wildman–Crippen LogP) is 2.19. The van der Waals surface area contributed by atoms with Crippen LogP contribution in [0.3, 0.4) is 0 Å². The molecule has 0 radical (unpaired) electrons. The molecule has 1 amide bonds. The molecule has 1 atom stereocenters. The zero-order valence-electron chi connectivity index (χ0n) is 10.1. The first-order valence-corrected chi connectivity index (χ1v) is 5.67. The maximum atomic E-state index is 11.1. The Morgan fingerprint density at radius 3 is 3.06 bits per heavy atom. The fraction of sp³-hybridized carbons (Fsp3) is 0.385. The van der Waals surface area contributed by atoms with Crippen LogP contribution in [0.5, 0.6) is 5.75 Å². The Hall–Kier alpha value is -2.22. The largest absolute Gasteiger partial charge is 0.497 e. The Labute approximate surface area is 105 Å². The molecule has 94 valence electrons. The number of methoxy groups -OCH3 is 1. The fourth-order valence-corrected chi connectivity index (χ4v) is 2.29. The van der Waals surface area contributed by atoms with E-state index in [0.29, 0.717) is 19.5 Å². The van der Waals surface area contributed by atoms with Gasteiger partial charge in [0.25, 0.3) is 0 Å². The van der Waals surface area contributed by atoms with Gasteiger partial charge in [0.15, 0.2) is 0 Å². The summed E-state index contributed by atoms with van der Waals surface area (Å²) in [6, 6.07) is 7.70. The van der Waals surface area contributed by atoms with Crippen LogP contribution in [0.1, 0.15) is 23.5 Å². The summed E-state index contributed by atoms with van der Waals surface area (Å²) >= 11 is 0. The number of hydrogen-bond acceptors (Lipinski definition) is 3. The van der Waals surface area contributed by atoms with E-state index in [0.717, 1.165) is 16.9 Å². The molecular formula is C13H14N2O3. The third kappa shape index (κ3) is 2.23. The summed E-state index contributed by atoms with van der Waals surface area (Å²) in [4.78, 5) is 12.4. The number of rotatable bonds is 2. The Bertz CT molecular complexity index is 507. The van der Waals surface area contributed by atoms with Gasteiger partial charge in [-0.25, -0.2) is 4.79 Å². The van der Waals surface area contributed by atoms with Gasteiger partial charge in [0.05, 0.1) is 13.2 Å². The van der Waals surface area contributed by atoms with E-state index in [4.69, 9.17) is 15.1 Å². The molecule has 1 unspecified atom stereocenters. The van der Waals surface area contributed by atoms with Gasteiger partial charge in [-0.15, -0.1) is 0 Å². The highest BCUT2D eigenvalue weighted by molar-refractivity contribution is 5.66. The third-order valence-corrected chi connectivity index (χ3v) is 3.20. The standard InChI is InChI=1S/C13H14N2O3/c1-18-11-3-2-9-7-15(13(16)17)8-10(4-5-14)12(9)6-11/h2-3,6,10H,4,7-8H2,1H3,(H,16,17). The zero-order chi connectivity index (χ0) is 13.1. The predicted molar refractivity (Wildman–Crippen MR) is 64.4 cm³/mol. The van der Waals surface area contributed by atoms with Crippen molar-refractivity contribution < 1.29 is 14.6 Å². The number of carboxylic acid groups (broad SMARTS) is 1. The lowest BCUT2D eigenvalue weighted by Crippen LogP contribution is -2.37. The van der Waals surface area contributed by atoms with Crippen molar-refractivity contribution in [1.29, 1.82) is 5.26 Å². The molecule has 0 saturated carbocycles. The molecule has 0 fully saturated rings. The summed E-state index contributed by atoms with van der Waals surface area (Å²) in [5, 5.41) is 17.9. The monoisotopic (exact) mass is 246 g/mol. The van der Waals surface area contributed by atoms with Crippen molar-refractivity contribution in [2.75, 3.05) is 13.7 Å². The van der Waals surface area contributed by atoms with Crippen LogP contribution in [0.2, 0.25) is 0 Å². The van der Waals surface area contributed by atoms with Gasteiger partial charge < -0.3 is 14.7 Å². The van der Waals surface area contributed by atoms with Gasteiger partial charge in [-0.05, 0) is 23.3 Å². The molecule has 1 aliphatic rings. The minimum absolute atomic E-state index is 0.0788. The van der Waals surface area contributed by atoms with Crippen molar-refractivity contribution >= 4 is 6.09 Å². The molecule has 0 aliphatic carbocycles. The van der Waals surface area contributed by atoms with Gasteiger partial charge in [-0.1, -0.05) is 6.07 Å². The molecule has 1 aromatic carbocycles. The molecule has 0 saturated heterocycles. The number of nitriles is 1. The fourth-order valence-electron chi connectivity index (χ4n) is 2.29. The van der Waals surface area contributed by atoms with Crippen LogP contribution in [0.25, 0.3) is 0 Å². The average Bonchev–Trinajstić information content (AvgIpc) is 2.38. The zero-order valence-corrected chi connectivity index (χ0v) is 10.1. The highest BCUT2D eigenvalue weighted by atomic mass is 16.5. The average molecular weight is 246 g/mol. The molecule has 18 heavy (non-hydrogen) atoms. The third-order valence-electron chi connectivity index (χ3n) is 3.20. The molecule has 5 nitrogen and oxygen atoms in total. The number of benzene rings is 1. The lowest BCUT2D eigenvalue weighted by Gasteiger charge is -2.32. The van der Waals surface area contributed by atoms with Gasteiger partial charge in [-0.3, -0.25) is 0 Å². The number of ether oxygens (including phenoxy) is 1. The second-order valence-electron chi connectivity index (χ2n) is 4.29. The van der Waals surface area contributed by atoms with Crippen molar-refractivity contribution in [3.63, 3.8) is 0 Å². The molecule has 0 aromatic heterocycles. The molecule has 0 spiro atoms. The molecule has 1 heterocycles. The maximum Gasteiger partial charge on any atom is 0.407 e. The molecule has 5 heteroatoms. The maximum absolute atomic E-state index is 11.1. The summed E-state index contributed by atoms with van der Waals surface area (Å²) in [7, 11) is 1.59. The van der Waals surface area contributed by atoms with E-state index in [-0.39, 0.29) is 5.92 Å². The molecule has 2 rings (SSSR count). The van der Waals surface area contributed by atoms with E-state index in [2.05, 4.69) is 6.07 Å². The van der Waals surface area contributed by atoms with Crippen molar-refractivity contribution in [1.82, 2.24) is 4.90 Å². The summed E-state index contributed by atoms with van der Waals surface area (Å²) in [5.41, 5.74) is 1.97. The van der Waals surface area contributed by atoms with E-state index < -0.39 is 6.09 Å². The van der Waals surface area contributed by atoms with Gasteiger partial charge in [-0.2, -0.15) is 5.26 Å². The van der Waals surface area contributed by atoms with Gasteiger partial charge in [0.2, 0.25) is 0 Å². The molecule has 1 aromatic rings. The topological polar surface area (TPSA) is 73.6 Å². The first-order valence-electron chi connectivity index (χ1n) is 5.67. The highest BCUT2D eigenvalue weighted by Gasteiger charge is 2.28. The number of nitrogens with zero attached hydrogens (tertiary/aromatic N) is 2. The van der Waals surface area contributed by atoms with Crippen LogP contribution >= 0.6 is 0 Å². The van der Waals surface area contributed by atoms with Crippen LogP contribution in [0.15, 0.2) is 18.2 Å². The summed E-state index contributed by atoms with van der Waals surface area (Å²) in [5.74, 6) is 0.658. The first kappa shape index (κ1) is 12.2. The van der Waals surface area contributed by atoms with Crippen molar-refractivity contribution in [3.8, 4) is 11.8 Å². The Morgan fingerprint density at radius 2 is 2.44 bits per heavy atom. The summed E-state index contributed by atoms with van der Waals surface area (Å²) in [6.45, 7) is 0.736. The Balaban J connectivity index is 2.38. The number of fused-ring (bicyclic) bond motifs is 1. The normalized spacial score (nSPS) is 17.8. The van der Waals surface area contributed by atoms with Crippen LogP contribution in [-0.2, 0) is 6.54 Å². The summed E-state index contributed by atoms with van der Waals surface area (Å²) in [6.07, 6.45) is -0.636. The van der Waals surface area contributed by atoms with Crippen LogP contribution in [0.4, 0.5) is 4.79 Å². The SMILES string of the molecule is COc1ccc2c(c1)C(CC#N)CN(C(=O)O)C2. The Morgan fingerprint density at radius 1 is 1.67 bits per heavy atom. The second kappa shape index (κ2) is 4.96. The molecule has 0 bridgehead atoms. The van der Waals surface area contributed by atoms with E-state index in [1.54, 1.807) is 7.11 Å². The number of amides is 1. The quantitative estimate of drug-likeness (QED) is 0.868. The number of carbonyl (C=O) groups is 1. The van der Waals surface area contributed by atoms with Gasteiger partial charge in [0.1, 0.15) is 5.75 Å². The van der Waals surface area contributed by atoms with Crippen molar-refractivity contribution in [2.24, 2.45) is 0 Å². The minimum Gasteiger partial charge on any atom is -0.497 e. The van der Waals surface area contributed by atoms with E-state index in [1.807, 2.05) is 18.2 Å². The second-order valence-corrected chi connectivity index (χ2v) is 4.29. The van der Waals surface area contributed by atoms with Gasteiger partial charge >= 0.3 is 6.09 Å². The van der Waals surface area contributed by atoms with Crippen LogP contribution in [0, 0.1) is 11.3 Å². The molecule has 1 N–H and O–H groups in total. The minimum atomic E-state index is -0.945. The van der Waals surface area contributed by atoms with Crippen LogP contribution < -0.4 is 4.74 Å². The Kier molecular flexibility index (Phi) is 3.38. The van der Waals surface area contributed by atoms with E-state index in [9.17, 15) is 4.79 Å². The van der Waals surface area contributed by atoms with Crippen LogP contribution in [-0.4, -0.2) is 29.8 Å².